The number of fused-ring (bicyclic) bond motifs is 1. The molecule has 0 saturated carbocycles. The number of piperidine rings is 1. The molecule has 5 nitrogen and oxygen atoms in total. The highest BCUT2D eigenvalue weighted by Crippen LogP contribution is 2.33. The van der Waals surface area contributed by atoms with Crippen LogP contribution in [0.3, 0.4) is 0 Å². The van der Waals surface area contributed by atoms with Crippen LogP contribution < -0.4 is 5.43 Å². The topological polar surface area (TPSA) is 70.8 Å². The number of amides is 1. The van der Waals surface area contributed by atoms with Gasteiger partial charge in [0.1, 0.15) is 17.1 Å². The molecule has 0 atom stereocenters. The second-order valence-corrected chi connectivity index (χ2v) is 6.29. The fourth-order valence-corrected chi connectivity index (χ4v) is 3.34. The van der Waals surface area contributed by atoms with Crippen LogP contribution in [0.25, 0.3) is 11.0 Å². The van der Waals surface area contributed by atoms with Crippen molar-refractivity contribution in [3.8, 4) is 5.75 Å². The van der Waals surface area contributed by atoms with Crippen molar-refractivity contribution in [2.45, 2.75) is 39.5 Å². The van der Waals surface area contributed by atoms with E-state index in [1.165, 1.54) is 6.07 Å². The molecule has 1 N–H and O–H groups in total. The Bertz CT molecular complexity index is 829. The summed E-state index contributed by atoms with van der Waals surface area (Å²) in [5.41, 5.74) is 1.63. The lowest BCUT2D eigenvalue weighted by Crippen LogP contribution is -2.36. The summed E-state index contributed by atoms with van der Waals surface area (Å²) in [5.74, 6) is 1.03. The van der Waals surface area contributed by atoms with E-state index in [1.807, 2.05) is 4.90 Å². The minimum absolute atomic E-state index is 0.0432. The number of aromatic hydroxyl groups is 1. The molecule has 2 aromatic rings. The van der Waals surface area contributed by atoms with Crippen molar-refractivity contribution in [1.82, 2.24) is 4.90 Å². The highest BCUT2D eigenvalue weighted by atomic mass is 16.3. The summed E-state index contributed by atoms with van der Waals surface area (Å²) in [5, 5.41) is 10.4. The van der Waals surface area contributed by atoms with Crippen molar-refractivity contribution >= 4 is 16.9 Å². The fraction of sp³-hybridized carbons (Fsp3) is 0.444. The van der Waals surface area contributed by atoms with Gasteiger partial charge >= 0.3 is 0 Å². The van der Waals surface area contributed by atoms with Crippen molar-refractivity contribution < 1.29 is 14.3 Å². The Morgan fingerprint density at radius 3 is 2.48 bits per heavy atom. The average Bonchev–Trinajstić information content (AvgIpc) is 2.54. The molecular formula is C18H21NO4. The fourth-order valence-electron chi connectivity index (χ4n) is 3.34. The van der Waals surface area contributed by atoms with Crippen LogP contribution in [-0.4, -0.2) is 29.0 Å². The third-order valence-electron chi connectivity index (χ3n) is 4.86. The first-order valence-electron chi connectivity index (χ1n) is 7.91. The molecule has 1 aliphatic heterocycles. The monoisotopic (exact) mass is 315 g/mol. The Hall–Kier alpha value is -2.30. The number of hydrogen-bond donors (Lipinski definition) is 1. The van der Waals surface area contributed by atoms with E-state index in [-0.39, 0.29) is 23.0 Å². The SMILES string of the molecule is CC(=O)N1CCC(c2oc3c(C)c(O)ccc3c(=O)c2C)CC1. The Morgan fingerprint density at radius 2 is 1.87 bits per heavy atom. The molecule has 0 aliphatic carbocycles. The standard InChI is InChI=1S/C18H21NO4/c1-10-15(21)5-4-14-16(22)11(2)17(23-18(10)14)13-6-8-19(9-7-13)12(3)20/h4-5,13,21H,6-9H2,1-3H3. The Kier molecular flexibility index (Phi) is 3.88. The predicted octanol–water partition coefficient (Wildman–Crippen LogP) is 2.84. The van der Waals surface area contributed by atoms with E-state index < -0.39 is 0 Å². The van der Waals surface area contributed by atoms with Crippen molar-refractivity contribution in [3.63, 3.8) is 0 Å². The number of hydrogen-bond acceptors (Lipinski definition) is 4. The van der Waals surface area contributed by atoms with Crippen LogP contribution in [0.5, 0.6) is 5.75 Å². The van der Waals surface area contributed by atoms with Gasteiger partial charge in [0, 0.05) is 37.1 Å². The quantitative estimate of drug-likeness (QED) is 0.878. The molecule has 0 bridgehead atoms. The zero-order chi connectivity index (χ0) is 16.7. The zero-order valence-electron chi connectivity index (χ0n) is 13.7. The molecule has 0 spiro atoms. The first-order valence-corrected chi connectivity index (χ1v) is 7.91. The maximum atomic E-state index is 12.6. The highest BCUT2D eigenvalue weighted by molar-refractivity contribution is 5.82. The van der Waals surface area contributed by atoms with Crippen LogP contribution in [0.1, 0.15) is 42.6 Å². The maximum Gasteiger partial charge on any atom is 0.219 e. The van der Waals surface area contributed by atoms with E-state index >= 15 is 0 Å². The number of phenols is 1. The molecule has 1 fully saturated rings. The van der Waals surface area contributed by atoms with Crippen LogP contribution >= 0.6 is 0 Å². The Morgan fingerprint density at radius 1 is 1.22 bits per heavy atom. The van der Waals surface area contributed by atoms with Gasteiger partial charge in [-0.2, -0.15) is 0 Å². The zero-order valence-corrected chi connectivity index (χ0v) is 13.7. The van der Waals surface area contributed by atoms with E-state index in [9.17, 15) is 14.7 Å². The molecule has 1 aliphatic rings. The number of benzene rings is 1. The first kappa shape index (κ1) is 15.6. The van der Waals surface area contributed by atoms with Gasteiger partial charge in [-0.3, -0.25) is 9.59 Å². The van der Waals surface area contributed by atoms with Crippen molar-refractivity contribution in [2.24, 2.45) is 0 Å². The highest BCUT2D eigenvalue weighted by Gasteiger charge is 2.26. The smallest absolute Gasteiger partial charge is 0.219 e. The molecule has 23 heavy (non-hydrogen) atoms. The summed E-state index contributed by atoms with van der Waals surface area (Å²) in [6.45, 7) is 6.48. The van der Waals surface area contributed by atoms with E-state index in [0.29, 0.717) is 40.9 Å². The van der Waals surface area contributed by atoms with Gasteiger partial charge in [0.05, 0.1) is 5.39 Å². The van der Waals surface area contributed by atoms with Crippen molar-refractivity contribution in [2.75, 3.05) is 13.1 Å². The lowest BCUT2D eigenvalue weighted by atomic mass is 9.91. The number of phenolic OH excluding ortho intramolecular Hbond substituents is 1. The van der Waals surface area contributed by atoms with Gasteiger partial charge in [-0.05, 0) is 38.8 Å². The number of nitrogens with zero attached hydrogens (tertiary/aromatic N) is 1. The van der Waals surface area contributed by atoms with E-state index in [0.717, 1.165) is 12.8 Å². The molecule has 0 radical (unpaired) electrons. The normalized spacial score (nSPS) is 16.0. The molecule has 1 aromatic carbocycles. The summed E-state index contributed by atoms with van der Waals surface area (Å²) in [4.78, 5) is 25.9. The third kappa shape index (κ3) is 2.60. The molecule has 3 rings (SSSR count). The van der Waals surface area contributed by atoms with Crippen LogP contribution in [0, 0.1) is 13.8 Å². The summed E-state index contributed by atoms with van der Waals surface area (Å²) < 4.78 is 6.06. The van der Waals surface area contributed by atoms with Crippen LogP contribution in [0.4, 0.5) is 0 Å². The van der Waals surface area contributed by atoms with Crippen LogP contribution in [0.15, 0.2) is 21.3 Å². The van der Waals surface area contributed by atoms with Crippen LogP contribution in [0.2, 0.25) is 0 Å². The lowest BCUT2D eigenvalue weighted by Gasteiger charge is -2.31. The van der Waals surface area contributed by atoms with E-state index in [1.54, 1.807) is 26.8 Å². The van der Waals surface area contributed by atoms with Gasteiger partial charge in [0.15, 0.2) is 5.43 Å². The average molecular weight is 315 g/mol. The Labute approximate surface area is 134 Å². The molecular weight excluding hydrogens is 294 g/mol. The van der Waals surface area contributed by atoms with E-state index in [2.05, 4.69) is 0 Å². The van der Waals surface area contributed by atoms with Gasteiger partial charge in [-0.15, -0.1) is 0 Å². The minimum Gasteiger partial charge on any atom is -0.508 e. The molecule has 1 aromatic heterocycles. The second-order valence-electron chi connectivity index (χ2n) is 6.29. The van der Waals surface area contributed by atoms with Crippen molar-refractivity contribution in [3.05, 3.63) is 39.2 Å². The van der Waals surface area contributed by atoms with Gasteiger partial charge in [0.25, 0.3) is 0 Å². The number of carbonyl (C=O) groups is 1. The second kappa shape index (κ2) is 5.72. The molecule has 5 heteroatoms. The largest absolute Gasteiger partial charge is 0.508 e. The molecule has 0 unspecified atom stereocenters. The lowest BCUT2D eigenvalue weighted by molar-refractivity contribution is -0.129. The summed E-state index contributed by atoms with van der Waals surface area (Å²) in [6, 6.07) is 3.14. The predicted molar refractivity (Wildman–Crippen MR) is 87.9 cm³/mol. The van der Waals surface area contributed by atoms with Gasteiger partial charge in [0.2, 0.25) is 5.91 Å². The third-order valence-corrected chi connectivity index (χ3v) is 4.86. The maximum absolute atomic E-state index is 12.6. The Balaban J connectivity index is 2.05. The van der Waals surface area contributed by atoms with Crippen molar-refractivity contribution in [1.29, 1.82) is 0 Å². The van der Waals surface area contributed by atoms with E-state index in [4.69, 9.17) is 4.42 Å². The van der Waals surface area contributed by atoms with Gasteiger partial charge in [-0.1, -0.05) is 0 Å². The summed E-state index contributed by atoms with van der Waals surface area (Å²) >= 11 is 0. The molecule has 122 valence electrons. The number of carbonyl (C=O) groups excluding carboxylic acids is 1. The number of aryl methyl sites for hydroxylation is 1. The van der Waals surface area contributed by atoms with Gasteiger partial charge < -0.3 is 14.4 Å². The molecule has 1 saturated heterocycles. The minimum atomic E-state index is -0.0432. The number of rotatable bonds is 1. The summed E-state index contributed by atoms with van der Waals surface area (Å²) in [6.07, 6.45) is 1.57. The molecule has 1 amide bonds. The number of likely N-dealkylation sites (tertiary alicyclic amines) is 1. The van der Waals surface area contributed by atoms with Gasteiger partial charge in [-0.25, -0.2) is 0 Å². The van der Waals surface area contributed by atoms with Crippen LogP contribution in [-0.2, 0) is 4.79 Å². The molecule has 2 heterocycles. The summed E-state index contributed by atoms with van der Waals surface area (Å²) in [7, 11) is 0. The first-order chi connectivity index (χ1) is 10.9.